The van der Waals surface area contributed by atoms with Gasteiger partial charge < -0.3 is 30.3 Å². The van der Waals surface area contributed by atoms with Crippen molar-refractivity contribution in [3.05, 3.63) is 59.7 Å². The molecule has 0 heterocycles. The van der Waals surface area contributed by atoms with Crippen molar-refractivity contribution in [1.82, 2.24) is 10.6 Å². The van der Waals surface area contributed by atoms with Crippen LogP contribution in [0.5, 0.6) is 0 Å². The molecule has 0 bridgehead atoms. The van der Waals surface area contributed by atoms with E-state index in [-0.39, 0.29) is 25.5 Å². The van der Waals surface area contributed by atoms with Crippen molar-refractivity contribution in [2.45, 2.75) is 37.5 Å². The summed E-state index contributed by atoms with van der Waals surface area (Å²) in [7, 11) is 1.40. The van der Waals surface area contributed by atoms with Gasteiger partial charge in [-0.2, -0.15) is 0 Å². The lowest BCUT2D eigenvalue weighted by atomic mass is 9.98. The number of carbonyl (C=O) groups excluding carboxylic acids is 2. The van der Waals surface area contributed by atoms with Crippen LogP contribution in [-0.4, -0.2) is 66.7 Å². The molecule has 3 rings (SSSR count). The van der Waals surface area contributed by atoms with E-state index in [4.69, 9.17) is 14.6 Å². The van der Waals surface area contributed by atoms with E-state index in [0.717, 1.165) is 22.3 Å². The van der Waals surface area contributed by atoms with Gasteiger partial charge in [0.15, 0.2) is 6.10 Å². The summed E-state index contributed by atoms with van der Waals surface area (Å²) in [5.41, 5.74) is 4.36. The van der Waals surface area contributed by atoms with E-state index in [9.17, 15) is 19.5 Å². The molecule has 0 fully saturated rings. The number of carbonyl (C=O) groups is 3. The number of aliphatic carboxylic acids is 1. The summed E-state index contributed by atoms with van der Waals surface area (Å²) in [5.74, 6) is -2.06. The topological polar surface area (TPSA) is 134 Å². The molecule has 2 unspecified atom stereocenters. The molecule has 2 amide bonds. The number of amides is 2. The molecule has 0 saturated heterocycles. The Morgan fingerprint density at radius 1 is 1.03 bits per heavy atom. The van der Waals surface area contributed by atoms with Crippen LogP contribution in [0.25, 0.3) is 11.1 Å². The fourth-order valence-electron chi connectivity index (χ4n) is 3.86. The lowest BCUT2D eigenvalue weighted by Crippen LogP contribution is -2.53. The quantitative estimate of drug-likeness (QED) is 0.429. The summed E-state index contributed by atoms with van der Waals surface area (Å²) in [6.07, 6.45) is -3.19. The Kier molecular flexibility index (Phi) is 8.02. The van der Waals surface area contributed by atoms with Crippen molar-refractivity contribution in [3.63, 3.8) is 0 Å². The van der Waals surface area contributed by atoms with Gasteiger partial charge in [-0.3, -0.25) is 4.79 Å². The lowest BCUT2D eigenvalue weighted by molar-refractivity contribution is -0.147. The van der Waals surface area contributed by atoms with Crippen LogP contribution in [0, 0.1) is 0 Å². The third-order valence-electron chi connectivity index (χ3n) is 5.74. The molecular formula is C24H28N2O7. The second kappa shape index (κ2) is 10.9. The number of methoxy groups -OCH3 is 1. The lowest BCUT2D eigenvalue weighted by Gasteiger charge is -2.23. The number of hydrogen-bond acceptors (Lipinski definition) is 6. The molecule has 0 aromatic heterocycles. The molecule has 3 atom stereocenters. The Labute approximate surface area is 191 Å². The molecule has 2 aromatic carbocycles. The van der Waals surface area contributed by atoms with Crippen molar-refractivity contribution in [2.24, 2.45) is 0 Å². The van der Waals surface area contributed by atoms with E-state index in [0.29, 0.717) is 0 Å². The first-order valence-electron chi connectivity index (χ1n) is 10.7. The smallest absolute Gasteiger partial charge is 0.407 e. The van der Waals surface area contributed by atoms with Gasteiger partial charge in [-0.25, -0.2) is 9.59 Å². The van der Waals surface area contributed by atoms with Gasteiger partial charge in [0.25, 0.3) is 0 Å². The van der Waals surface area contributed by atoms with Gasteiger partial charge in [-0.05, 0) is 29.2 Å². The summed E-state index contributed by atoms with van der Waals surface area (Å²) in [6, 6.07) is 14.9. The Morgan fingerprint density at radius 3 is 2.15 bits per heavy atom. The van der Waals surface area contributed by atoms with Crippen molar-refractivity contribution >= 4 is 18.0 Å². The number of ether oxygens (including phenoxy) is 2. The molecule has 2 aromatic rings. The van der Waals surface area contributed by atoms with Crippen LogP contribution < -0.4 is 10.6 Å². The molecule has 0 saturated carbocycles. The molecule has 9 heteroatoms. The van der Waals surface area contributed by atoms with E-state index in [1.807, 2.05) is 48.5 Å². The molecule has 1 aliphatic rings. The number of alkyl carbamates (subject to hydrolysis) is 1. The normalized spacial score (nSPS) is 15.0. The van der Waals surface area contributed by atoms with Gasteiger partial charge in [0, 0.05) is 26.0 Å². The Hall–Kier alpha value is -3.43. The summed E-state index contributed by atoms with van der Waals surface area (Å²) in [5, 5.41) is 23.1. The molecule has 9 nitrogen and oxygen atoms in total. The maximum absolute atomic E-state index is 12.5. The van der Waals surface area contributed by atoms with Crippen LogP contribution in [0.1, 0.15) is 30.4 Å². The fourth-order valence-corrected chi connectivity index (χ4v) is 3.86. The van der Waals surface area contributed by atoms with Gasteiger partial charge in [-0.1, -0.05) is 48.5 Å². The number of nitrogens with one attached hydrogen (secondary N) is 2. The van der Waals surface area contributed by atoms with Crippen LogP contribution in [0.3, 0.4) is 0 Å². The number of aliphatic hydroxyl groups excluding tert-OH is 1. The third-order valence-corrected chi connectivity index (χ3v) is 5.74. The van der Waals surface area contributed by atoms with Crippen molar-refractivity contribution in [1.29, 1.82) is 0 Å². The highest BCUT2D eigenvalue weighted by Gasteiger charge is 2.31. The number of carboxylic acids is 1. The number of carboxylic acid groups (broad SMARTS) is 1. The SMILES string of the molecule is COC(C)C(NC(=O)OCC1c2ccccc2-c2ccccc21)C(=O)NCC[C@H](O)C(=O)O. The number of hydrogen-bond donors (Lipinski definition) is 4. The van der Waals surface area contributed by atoms with Crippen LogP contribution in [0.4, 0.5) is 4.79 Å². The highest BCUT2D eigenvalue weighted by molar-refractivity contribution is 5.86. The molecule has 176 valence electrons. The van der Waals surface area contributed by atoms with Gasteiger partial charge >= 0.3 is 12.1 Å². The largest absolute Gasteiger partial charge is 0.479 e. The first-order valence-corrected chi connectivity index (χ1v) is 10.7. The minimum atomic E-state index is -1.58. The molecule has 0 aliphatic heterocycles. The minimum Gasteiger partial charge on any atom is -0.479 e. The maximum atomic E-state index is 12.5. The van der Waals surface area contributed by atoms with E-state index in [1.165, 1.54) is 7.11 Å². The molecule has 0 radical (unpaired) electrons. The Morgan fingerprint density at radius 2 is 1.61 bits per heavy atom. The number of fused-ring (bicyclic) bond motifs is 3. The van der Waals surface area contributed by atoms with Crippen molar-refractivity contribution in [3.8, 4) is 11.1 Å². The molecule has 33 heavy (non-hydrogen) atoms. The summed E-state index contributed by atoms with van der Waals surface area (Å²) < 4.78 is 10.7. The predicted octanol–water partition coefficient (Wildman–Crippen LogP) is 1.88. The average molecular weight is 456 g/mol. The Bertz CT molecular complexity index is 964. The second-order valence-electron chi connectivity index (χ2n) is 7.82. The number of rotatable bonds is 10. The minimum absolute atomic E-state index is 0.0778. The van der Waals surface area contributed by atoms with Crippen LogP contribution >= 0.6 is 0 Å². The maximum Gasteiger partial charge on any atom is 0.407 e. The predicted molar refractivity (Wildman–Crippen MR) is 120 cm³/mol. The zero-order valence-electron chi connectivity index (χ0n) is 18.5. The zero-order valence-corrected chi connectivity index (χ0v) is 18.5. The van der Waals surface area contributed by atoms with E-state index < -0.39 is 36.2 Å². The second-order valence-corrected chi connectivity index (χ2v) is 7.82. The fraction of sp³-hybridized carbons (Fsp3) is 0.375. The number of aliphatic hydroxyl groups is 1. The summed E-state index contributed by atoms with van der Waals surface area (Å²) in [4.78, 5) is 35.8. The third kappa shape index (κ3) is 5.68. The molecule has 1 aliphatic carbocycles. The molecule has 0 spiro atoms. The monoisotopic (exact) mass is 456 g/mol. The van der Waals surface area contributed by atoms with Gasteiger partial charge in [-0.15, -0.1) is 0 Å². The van der Waals surface area contributed by atoms with E-state index >= 15 is 0 Å². The van der Waals surface area contributed by atoms with E-state index in [2.05, 4.69) is 10.6 Å². The van der Waals surface area contributed by atoms with Gasteiger partial charge in [0.05, 0.1) is 6.10 Å². The Balaban J connectivity index is 1.61. The van der Waals surface area contributed by atoms with Gasteiger partial charge in [0.1, 0.15) is 12.6 Å². The van der Waals surface area contributed by atoms with Crippen molar-refractivity contribution in [2.75, 3.05) is 20.3 Å². The standard InChI is InChI=1S/C24H28N2O7/c1-14(32-2)21(22(28)25-12-11-20(27)23(29)30)26-24(31)33-13-19-17-9-5-3-7-15(17)16-8-4-6-10-18(16)19/h3-10,14,19-21,27H,11-13H2,1-2H3,(H,25,28)(H,26,31)(H,29,30)/t14?,20-,21?/m0/s1. The van der Waals surface area contributed by atoms with E-state index in [1.54, 1.807) is 6.92 Å². The van der Waals surface area contributed by atoms with Crippen molar-refractivity contribution < 1.29 is 34.1 Å². The number of benzene rings is 2. The first kappa shape index (κ1) is 24.2. The highest BCUT2D eigenvalue weighted by atomic mass is 16.5. The first-order chi connectivity index (χ1) is 15.8. The molecular weight excluding hydrogens is 428 g/mol. The van der Waals surface area contributed by atoms with Crippen LogP contribution in [0.2, 0.25) is 0 Å². The van der Waals surface area contributed by atoms with Crippen LogP contribution in [0.15, 0.2) is 48.5 Å². The molecule has 4 N–H and O–H groups in total. The summed E-state index contributed by atoms with van der Waals surface area (Å²) in [6.45, 7) is 1.63. The average Bonchev–Trinajstić information content (AvgIpc) is 3.14. The summed E-state index contributed by atoms with van der Waals surface area (Å²) >= 11 is 0. The zero-order chi connectivity index (χ0) is 24.0. The van der Waals surface area contributed by atoms with Crippen LogP contribution in [-0.2, 0) is 19.1 Å². The van der Waals surface area contributed by atoms with Gasteiger partial charge in [0.2, 0.25) is 5.91 Å². The highest BCUT2D eigenvalue weighted by Crippen LogP contribution is 2.44.